The van der Waals surface area contributed by atoms with Gasteiger partial charge in [0.15, 0.2) is 0 Å². The van der Waals surface area contributed by atoms with Crippen molar-refractivity contribution in [2.45, 2.75) is 25.4 Å². The van der Waals surface area contributed by atoms with Gasteiger partial charge in [-0.15, -0.1) is 0 Å². The first kappa shape index (κ1) is 12.7. The van der Waals surface area contributed by atoms with Gasteiger partial charge in [-0.2, -0.15) is 13.2 Å². The highest BCUT2D eigenvalue weighted by molar-refractivity contribution is 5.83. The van der Waals surface area contributed by atoms with E-state index >= 15 is 0 Å². The number of aryl methyl sites for hydroxylation is 1. The third kappa shape index (κ3) is 2.72. The largest absolute Gasteiger partial charge is 0.491 e. The molecule has 2 rings (SSSR count). The van der Waals surface area contributed by atoms with Crippen LogP contribution in [0.1, 0.15) is 24.0 Å². The first-order valence-corrected chi connectivity index (χ1v) is 5.56. The van der Waals surface area contributed by atoms with E-state index in [1.807, 2.05) is 12.1 Å². The lowest BCUT2D eigenvalue weighted by molar-refractivity contribution is -0.192. The number of allylic oxidation sites excluding steroid dienone is 1. The van der Waals surface area contributed by atoms with Gasteiger partial charge < -0.3 is 4.74 Å². The molecule has 0 unspecified atom stereocenters. The van der Waals surface area contributed by atoms with Crippen LogP contribution >= 0.6 is 0 Å². The lowest BCUT2D eigenvalue weighted by Crippen LogP contribution is -2.24. The molecular weight excluding hydrogens is 245 g/mol. The van der Waals surface area contributed by atoms with Gasteiger partial charge in [-0.25, -0.2) is 4.79 Å². The van der Waals surface area contributed by atoms with E-state index in [2.05, 4.69) is 4.74 Å². The maximum atomic E-state index is 12.2. The SMILES string of the molecule is O=C(OC1=CCCCc2ccccc21)C(F)(F)F. The van der Waals surface area contributed by atoms with Gasteiger partial charge in [-0.1, -0.05) is 24.3 Å². The summed E-state index contributed by atoms with van der Waals surface area (Å²) in [5, 5.41) is 0. The number of esters is 1. The van der Waals surface area contributed by atoms with Crippen LogP contribution in [0.5, 0.6) is 0 Å². The molecule has 0 saturated carbocycles. The summed E-state index contributed by atoms with van der Waals surface area (Å²) in [7, 11) is 0. The Bertz CT molecular complexity index is 489. The predicted molar refractivity (Wildman–Crippen MR) is 59.5 cm³/mol. The smallest absolute Gasteiger partial charge is 0.420 e. The van der Waals surface area contributed by atoms with E-state index in [1.165, 1.54) is 6.08 Å². The van der Waals surface area contributed by atoms with Gasteiger partial charge in [0.1, 0.15) is 5.76 Å². The summed E-state index contributed by atoms with van der Waals surface area (Å²) in [6, 6.07) is 7.01. The summed E-state index contributed by atoms with van der Waals surface area (Å²) in [5.74, 6) is -2.17. The summed E-state index contributed by atoms with van der Waals surface area (Å²) in [6.45, 7) is 0. The molecule has 0 heterocycles. The number of rotatable bonds is 1. The van der Waals surface area contributed by atoms with Crippen LogP contribution in [0, 0.1) is 0 Å². The van der Waals surface area contributed by atoms with E-state index in [0.717, 1.165) is 18.4 Å². The van der Waals surface area contributed by atoms with E-state index in [9.17, 15) is 18.0 Å². The van der Waals surface area contributed by atoms with Crippen molar-refractivity contribution in [2.75, 3.05) is 0 Å². The maximum Gasteiger partial charge on any atom is 0.491 e. The molecule has 0 fully saturated rings. The zero-order valence-electron chi connectivity index (χ0n) is 9.46. The average molecular weight is 256 g/mol. The molecule has 1 aliphatic carbocycles. The first-order chi connectivity index (χ1) is 8.48. The Morgan fingerprint density at radius 1 is 1.22 bits per heavy atom. The topological polar surface area (TPSA) is 26.3 Å². The third-order valence-electron chi connectivity index (χ3n) is 2.70. The van der Waals surface area contributed by atoms with Gasteiger partial charge in [0, 0.05) is 5.56 Å². The Hall–Kier alpha value is -1.78. The number of hydrogen-bond donors (Lipinski definition) is 0. The van der Waals surface area contributed by atoms with E-state index in [-0.39, 0.29) is 5.76 Å². The van der Waals surface area contributed by atoms with E-state index in [0.29, 0.717) is 12.0 Å². The minimum absolute atomic E-state index is 0.00502. The second-order valence-electron chi connectivity index (χ2n) is 4.01. The standard InChI is InChI=1S/C13H11F3O2/c14-13(15,16)12(17)18-11-8-4-2-6-9-5-1-3-7-10(9)11/h1,3,5,7-8H,2,4,6H2. The number of hydrogen-bond acceptors (Lipinski definition) is 2. The molecule has 1 aromatic carbocycles. The van der Waals surface area contributed by atoms with Crippen molar-refractivity contribution in [2.24, 2.45) is 0 Å². The van der Waals surface area contributed by atoms with Gasteiger partial charge in [-0.3, -0.25) is 0 Å². The summed E-state index contributed by atoms with van der Waals surface area (Å²) in [6.07, 6.45) is -1.25. The lowest BCUT2D eigenvalue weighted by Gasteiger charge is -2.12. The zero-order chi connectivity index (χ0) is 13.2. The minimum Gasteiger partial charge on any atom is -0.420 e. The molecule has 0 spiro atoms. The van der Waals surface area contributed by atoms with Crippen molar-refractivity contribution in [3.63, 3.8) is 0 Å². The number of alkyl halides is 3. The number of carbonyl (C=O) groups excluding carboxylic acids is 1. The van der Waals surface area contributed by atoms with E-state index < -0.39 is 12.1 Å². The summed E-state index contributed by atoms with van der Waals surface area (Å²) < 4.78 is 41.0. The molecular formula is C13H11F3O2. The van der Waals surface area contributed by atoms with Crippen LogP contribution in [0.4, 0.5) is 13.2 Å². The van der Waals surface area contributed by atoms with Crippen LogP contribution in [0.25, 0.3) is 5.76 Å². The molecule has 0 aliphatic heterocycles. The molecule has 5 heteroatoms. The predicted octanol–water partition coefficient (Wildman–Crippen LogP) is 3.47. The monoisotopic (exact) mass is 256 g/mol. The number of fused-ring (bicyclic) bond motifs is 1. The quantitative estimate of drug-likeness (QED) is 0.719. The van der Waals surface area contributed by atoms with Crippen LogP contribution in [0.15, 0.2) is 30.3 Å². The van der Waals surface area contributed by atoms with E-state index in [1.54, 1.807) is 12.1 Å². The highest BCUT2D eigenvalue weighted by Crippen LogP contribution is 2.28. The fourth-order valence-corrected chi connectivity index (χ4v) is 1.87. The Morgan fingerprint density at radius 2 is 1.94 bits per heavy atom. The van der Waals surface area contributed by atoms with Crippen LogP contribution in [0.2, 0.25) is 0 Å². The Kier molecular flexibility index (Phi) is 3.41. The molecule has 18 heavy (non-hydrogen) atoms. The Morgan fingerprint density at radius 3 is 2.67 bits per heavy atom. The molecule has 1 aliphatic rings. The van der Waals surface area contributed by atoms with Gasteiger partial charge in [0.2, 0.25) is 0 Å². The van der Waals surface area contributed by atoms with Gasteiger partial charge in [0.25, 0.3) is 0 Å². The summed E-state index contributed by atoms with van der Waals surface area (Å²) in [5.41, 5.74) is 1.46. The van der Waals surface area contributed by atoms with Crippen molar-refractivity contribution in [3.05, 3.63) is 41.5 Å². The van der Waals surface area contributed by atoms with Crippen molar-refractivity contribution in [1.82, 2.24) is 0 Å². The average Bonchev–Trinajstić information content (AvgIpc) is 2.51. The van der Waals surface area contributed by atoms with Crippen LogP contribution < -0.4 is 0 Å². The first-order valence-electron chi connectivity index (χ1n) is 5.56. The Balaban J connectivity index is 2.28. The number of halogens is 3. The van der Waals surface area contributed by atoms with Crippen LogP contribution in [0.3, 0.4) is 0 Å². The third-order valence-corrected chi connectivity index (χ3v) is 2.70. The molecule has 2 nitrogen and oxygen atoms in total. The normalized spacial score (nSPS) is 15.4. The summed E-state index contributed by atoms with van der Waals surface area (Å²) >= 11 is 0. The van der Waals surface area contributed by atoms with Gasteiger partial charge in [-0.05, 0) is 30.9 Å². The van der Waals surface area contributed by atoms with Crippen molar-refractivity contribution < 1.29 is 22.7 Å². The molecule has 0 bridgehead atoms. The molecule has 0 N–H and O–H groups in total. The van der Waals surface area contributed by atoms with Crippen molar-refractivity contribution in [1.29, 1.82) is 0 Å². The van der Waals surface area contributed by atoms with Crippen LogP contribution in [-0.2, 0) is 16.0 Å². The molecule has 96 valence electrons. The van der Waals surface area contributed by atoms with E-state index in [4.69, 9.17) is 0 Å². The number of carbonyl (C=O) groups is 1. The zero-order valence-corrected chi connectivity index (χ0v) is 9.46. The van der Waals surface area contributed by atoms with Gasteiger partial charge in [0.05, 0.1) is 0 Å². The molecule has 1 aromatic rings. The lowest BCUT2D eigenvalue weighted by atomic mass is 10.0. The molecule has 0 saturated heterocycles. The van der Waals surface area contributed by atoms with Crippen LogP contribution in [-0.4, -0.2) is 12.1 Å². The van der Waals surface area contributed by atoms with Gasteiger partial charge >= 0.3 is 12.1 Å². The fourth-order valence-electron chi connectivity index (χ4n) is 1.87. The molecule has 0 atom stereocenters. The molecule has 0 amide bonds. The highest BCUT2D eigenvalue weighted by atomic mass is 19.4. The fraction of sp³-hybridized carbons (Fsp3) is 0.308. The van der Waals surface area contributed by atoms with Crippen molar-refractivity contribution in [3.8, 4) is 0 Å². The molecule has 0 radical (unpaired) electrons. The highest BCUT2D eigenvalue weighted by Gasteiger charge is 2.42. The summed E-state index contributed by atoms with van der Waals surface area (Å²) in [4.78, 5) is 10.9. The number of ether oxygens (including phenoxy) is 1. The Labute approximate surface area is 102 Å². The maximum absolute atomic E-state index is 12.2. The van der Waals surface area contributed by atoms with Crippen molar-refractivity contribution >= 4 is 11.7 Å². The second-order valence-corrected chi connectivity index (χ2v) is 4.01. The molecule has 0 aromatic heterocycles. The minimum atomic E-state index is -4.97. The second kappa shape index (κ2) is 4.84. The number of benzene rings is 1.